The molecule has 13 heteroatoms. The lowest BCUT2D eigenvalue weighted by molar-refractivity contribution is -0.134. The van der Waals surface area contributed by atoms with Crippen LogP contribution in [-0.4, -0.2) is 95.5 Å². The molecule has 2 aliphatic heterocycles. The van der Waals surface area contributed by atoms with E-state index in [0.29, 0.717) is 55.2 Å². The first kappa shape index (κ1) is 32.8. The average Bonchev–Trinajstić information content (AvgIpc) is 3.88. The van der Waals surface area contributed by atoms with Gasteiger partial charge in [-0.15, -0.1) is 0 Å². The maximum absolute atomic E-state index is 14.3. The normalized spacial score (nSPS) is 17.2. The molecule has 0 radical (unpaired) electrons. The number of piperazine rings is 1. The van der Waals surface area contributed by atoms with Crippen molar-refractivity contribution >= 4 is 23.3 Å². The number of fused-ring (bicyclic) bond motifs is 1. The zero-order chi connectivity index (χ0) is 35.0. The summed E-state index contributed by atoms with van der Waals surface area (Å²) in [6.45, 7) is 8.43. The van der Waals surface area contributed by atoms with Crippen LogP contribution in [0.25, 0.3) is 28.0 Å². The number of carbonyl (C=O) groups excluding carboxylic acids is 2. The van der Waals surface area contributed by atoms with Gasteiger partial charge in [-0.1, -0.05) is 30.3 Å². The smallest absolute Gasteiger partial charge is 0.410 e. The monoisotopic (exact) mass is 672 g/mol. The first-order chi connectivity index (χ1) is 24.1. The number of aryl methyl sites for hydroxylation is 1. The summed E-state index contributed by atoms with van der Waals surface area (Å²) < 4.78 is 9.13. The Hall–Kier alpha value is -5.77. The highest BCUT2D eigenvalue weighted by molar-refractivity contribution is 5.86. The molecular weight excluding hydrogens is 632 g/mol. The fourth-order valence-electron chi connectivity index (χ4n) is 6.93. The fourth-order valence-corrected chi connectivity index (χ4v) is 6.93. The summed E-state index contributed by atoms with van der Waals surface area (Å²) in [6.07, 6.45) is 9.92. The number of nitriles is 1. The third-order valence-corrected chi connectivity index (χ3v) is 9.29. The van der Waals surface area contributed by atoms with E-state index in [1.165, 1.54) is 0 Å². The summed E-state index contributed by atoms with van der Waals surface area (Å²) in [7, 11) is 1.85. The lowest BCUT2D eigenvalue weighted by Crippen LogP contribution is -2.53. The molecule has 0 aliphatic carbocycles. The van der Waals surface area contributed by atoms with Gasteiger partial charge in [0.15, 0.2) is 0 Å². The predicted octanol–water partition coefficient (Wildman–Crippen LogP) is 4.90. The fraction of sp³-hybridized carbons (Fsp3) is 0.378. The van der Waals surface area contributed by atoms with Crippen LogP contribution in [0.15, 0.2) is 73.4 Å². The van der Waals surface area contributed by atoms with Crippen LogP contribution in [0.3, 0.4) is 0 Å². The van der Waals surface area contributed by atoms with E-state index in [4.69, 9.17) is 14.7 Å². The molecule has 2 saturated heterocycles. The van der Waals surface area contributed by atoms with Gasteiger partial charge >= 0.3 is 6.09 Å². The third-order valence-electron chi connectivity index (χ3n) is 9.29. The quantitative estimate of drug-likeness (QED) is 0.247. The molecule has 2 amide bonds. The van der Waals surface area contributed by atoms with E-state index in [-0.39, 0.29) is 18.0 Å². The van der Waals surface area contributed by atoms with Crippen LogP contribution in [0.5, 0.6) is 0 Å². The first-order valence-corrected chi connectivity index (χ1v) is 16.9. The number of hydrogen-bond donors (Lipinski definition) is 0. The molecule has 1 unspecified atom stereocenters. The van der Waals surface area contributed by atoms with Gasteiger partial charge in [-0.25, -0.2) is 19.3 Å². The lowest BCUT2D eigenvalue weighted by atomic mass is 9.88. The molecule has 0 N–H and O–H groups in total. The zero-order valence-electron chi connectivity index (χ0n) is 28.7. The maximum atomic E-state index is 14.3. The molecule has 1 aromatic carbocycles. The molecule has 0 bridgehead atoms. The molecule has 13 nitrogen and oxygen atoms in total. The van der Waals surface area contributed by atoms with Gasteiger partial charge in [0.05, 0.1) is 41.9 Å². The Morgan fingerprint density at radius 2 is 1.72 bits per heavy atom. The summed E-state index contributed by atoms with van der Waals surface area (Å²) in [4.78, 5) is 43.1. The van der Waals surface area contributed by atoms with Crippen molar-refractivity contribution in [3.05, 3.63) is 84.6 Å². The number of pyridine rings is 1. The van der Waals surface area contributed by atoms with E-state index in [2.05, 4.69) is 21.2 Å². The average molecular weight is 673 g/mol. The molecule has 50 heavy (non-hydrogen) atoms. The van der Waals surface area contributed by atoms with Gasteiger partial charge in [-0.2, -0.15) is 15.5 Å². The van der Waals surface area contributed by atoms with E-state index in [9.17, 15) is 14.9 Å². The predicted molar refractivity (Wildman–Crippen MR) is 187 cm³/mol. The Kier molecular flexibility index (Phi) is 8.69. The molecule has 0 spiro atoms. The van der Waals surface area contributed by atoms with Crippen LogP contribution in [0.4, 0.5) is 10.6 Å². The number of carbonyl (C=O) groups is 2. The molecule has 6 heterocycles. The maximum Gasteiger partial charge on any atom is 0.410 e. The van der Waals surface area contributed by atoms with Crippen molar-refractivity contribution in [1.29, 1.82) is 5.26 Å². The second kappa shape index (κ2) is 13.3. The number of ether oxygens (including phenoxy) is 1. The molecule has 2 aliphatic rings. The minimum Gasteiger partial charge on any atom is -0.444 e. The summed E-state index contributed by atoms with van der Waals surface area (Å²) >= 11 is 0. The Morgan fingerprint density at radius 1 is 0.940 bits per heavy atom. The van der Waals surface area contributed by atoms with E-state index in [1.54, 1.807) is 38.9 Å². The second-order valence-corrected chi connectivity index (χ2v) is 13.8. The van der Waals surface area contributed by atoms with Crippen molar-refractivity contribution < 1.29 is 14.3 Å². The summed E-state index contributed by atoms with van der Waals surface area (Å²) in [5, 5.41) is 18.5. The number of anilines is 1. The molecular formula is C37H40N10O3. The van der Waals surface area contributed by atoms with Crippen LogP contribution in [0, 0.1) is 11.3 Å². The Labute approximate surface area is 290 Å². The number of benzene rings is 1. The molecule has 5 aromatic rings. The van der Waals surface area contributed by atoms with Crippen LogP contribution in [-0.2, 0) is 16.6 Å². The van der Waals surface area contributed by atoms with Gasteiger partial charge in [0.2, 0.25) is 5.91 Å². The number of hydrogen-bond acceptors (Lipinski definition) is 9. The number of likely N-dealkylation sites (tertiary alicyclic amines) is 1. The molecule has 7 rings (SSSR count). The van der Waals surface area contributed by atoms with Gasteiger partial charge in [0.1, 0.15) is 28.6 Å². The zero-order valence-corrected chi connectivity index (χ0v) is 28.7. The van der Waals surface area contributed by atoms with Crippen molar-refractivity contribution in [3.8, 4) is 28.6 Å². The van der Waals surface area contributed by atoms with Crippen molar-refractivity contribution in [2.24, 2.45) is 7.05 Å². The highest BCUT2D eigenvalue weighted by Crippen LogP contribution is 2.35. The molecule has 4 aromatic heterocycles. The first-order valence-electron chi connectivity index (χ1n) is 16.9. The Morgan fingerprint density at radius 3 is 2.38 bits per heavy atom. The third kappa shape index (κ3) is 6.48. The van der Waals surface area contributed by atoms with Crippen LogP contribution in [0.2, 0.25) is 0 Å². The van der Waals surface area contributed by atoms with Gasteiger partial charge in [-0.3, -0.25) is 9.48 Å². The SMILES string of the molecule is Cn1cc(-c2cn3ncc(C#N)c3c(-c3ccc(N4CCN(C(=O)[C@@H](c5ccccc5)C5CCCN5C(=O)OC(C)(C)C)CC4)nc3)n2)cn1. The number of aromatic nitrogens is 6. The topological polar surface area (TPSA) is 138 Å². The number of nitrogens with zero attached hydrogens (tertiary/aromatic N) is 10. The minimum absolute atomic E-state index is 0.0253. The van der Waals surface area contributed by atoms with Crippen LogP contribution in [0.1, 0.15) is 50.7 Å². The van der Waals surface area contributed by atoms with E-state index >= 15 is 0 Å². The molecule has 2 atom stereocenters. The van der Waals surface area contributed by atoms with Crippen molar-refractivity contribution in [3.63, 3.8) is 0 Å². The second-order valence-electron chi connectivity index (χ2n) is 13.8. The van der Waals surface area contributed by atoms with Crippen molar-refractivity contribution in [2.45, 2.75) is 51.2 Å². The number of amides is 2. The Bertz CT molecular complexity index is 2050. The van der Waals surface area contributed by atoms with E-state index < -0.39 is 11.5 Å². The van der Waals surface area contributed by atoms with E-state index in [0.717, 1.165) is 35.3 Å². The minimum atomic E-state index is -0.620. The molecule has 256 valence electrons. The van der Waals surface area contributed by atoms with Gasteiger partial charge in [-0.05, 0) is 51.3 Å². The standard InChI is InChI=1S/C37H40N10O3/c1-37(2,3)50-36(49)46-14-8-11-30(46)32(25-9-6-5-7-10-25)35(48)45-17-15-44(16-18-45)31-13-12-26(20-39-31)33-34-27(19-38)21-41-47(34)24-29(42-33)28-22-40-43(4)23-28/h5-7,9-10,12-13,20-24,30,32H,8,11,14-18H2,1-4H3/t30?,32-/m0/s1. The lowest BCUT2D eigenvalue weighted by Gasteiger charge is -2.39. The van der Waals surface area contributed by atoms with Gasteiger partial charge < -0.3 is 19.4 Å². The van der Waals surface area contributed by atoms with E-state index in [1.807, 2.05) is 81.4 Å². The highest BCUT2D eigenvalue weighted by atomic mass is 16.6. The number of rotatable bonds is 6. The summed E-state index contributed by atoms with van der Waals surface area (Å²) in [5.41, 5.74) is 4.20. The van der Waals surface area contributed by atoms with Crippen molar-refractivity contribution in [2.75, 3.05) is 37.6 Å². The Balaban J connectivity index is 1.09. The molecule has 2 fully saturated rings. The molecule has 0 saturated carbocycles. The summed E-state index contributed by atoms with van der Waals surface area (Å²) in [6, 6.07) is 15.7. The van der Waals surface area contributed by atoms with Crippen molar-refractivity contribution in [1.82, 2.24) is 39.2 Å². The van der Waals surface area contributed by atoms with Crippen LogP contribution >= 0.6 is 0 Å². The summed E-state index contributed by atoms with van der Waals surface area (Å²) in [5.74, 6) is 0.335. The van der Waals surface area contributed by atoms with Gasteiger partial charge in [0, 0.05) is 63.3 Å². The van der Waals surface area contributed by atoms with Gasteiger partial charge in [0.25, 0.3) is 0 Å². The van der Waals surface area contributed by atoms with Crippen LogP contribution < -0.4 is 4.90 Å². The largest absolute Gasteiger partial charge is 0.444 e. The highest BCUT2D eigenvalue weighted by Gasteiger charge is 2.42.